The van der Waals surface area contributed by atoms with E-state index in [1.54, 1.807) is 18.9 Å². The Morgan fingerprint density at radius 2 is 2.08 bits per heavy atom. The molecule has 7 heteroatoms. The van der Waals surface area contributed by atoms with E-state index in [4.69, 9.17) is 16.7 Å². The molecule has 1 aliphatic heterocycles. The maximum Gasteiger partial charge on any atom is 0.317 e. The number of hydrogen-bond acceptors (Lipinski definition) is 3. The summed E-state index contributed by atoms with van der Waals surface area (Å²) in [5.74, 6) is -1.49. The van der Waals surface area contributed by atoms with Crippen molar-refractivity contribution in [1.29, 1.82) is 0 Å². The lowest BCUT2D eigenvalue weighted by molar-refractivity contribution is -0.138. The van der Waals surface area contributed by atoms with Crippen LogP contribution in [0, 0.1) is 12.7 Å². The van der Waals surface area contributed by atoms with E-state index in [1.165, 1.54) is 12.1 Å². The number of amides is 1. The van der Waals surface area contributed by atoms with Gasteiger partial charge in [0.1, 0.15) is 5.82 Å². The number of nitrogens with zero attached hydrogens (tertiary/aromatic N) is 2. The topological polar surface area (TPSA) is 60.9 Å². The van der Waals surface area contributed by atoms with Crippen LogP contribution in [-0.4, -0.2) is 59.5 Å². The Kier molecular flexibility index (Phi) is 6.18. The number of carboxylic acid groups (broad SMARTS) is 1. The van der Waals surface area contributed by atoms with Crippen LogP contribution < -0.4 is 0 Å². The minimum absolute atomic E-state index is 0.0123. The van der Waals surface area contributed by atoms with Crippen LogP contribution in [0.15, 0.2) is 12.1 Å². The number of carboxylic acids is 1. The lowest BCUT2D eigenvalue weighted by atomic mass is 10.1. The van der Waals surface area contributed by atoms with E-state index in [0.29, 0.717) is 30.6 Å². The van der Waals surface area contributed by atoms with Crippen LogP contribution in [0.2, 0.25) is 5.02 Å². The number of benzene rings is 1. The first kappa shape index (κ1) is 18.7. The Labute approximate surface area is 146 Å². The van der Waals surface area contributed by atoms with Gasteiger partial charge in [0.2, 0.25) is 0 Å². The number of carbonyl (C=O) groups is 2. The summed E-state index contributed by atoms with van der Waals surface area (Å²) in [6, 6.07) is 2.79. The summed E-state index contributed by atoms with van der Waals surface area (Å²) in [7, 11) is 1.79. The minimum atomic E-state index is -0.858. The first-order chi connectivity index (χ1) is 11.3. The Balaban J connectivity index is 2.07. The summed E-state index contributed by atoms with van der Waals surface area (Å²) in [4.78, 5) is 27.1. The van der Waals surface area contributed by atoms with Gasteiger partial charge in [0, 0.05) is 19.1 Å². The van der Waals surface area contributed by atoms with Gasteiger partial charge in [-0.15, -0.1) is 0 Å². The zero-order valence-electron chi connectivity index (χ0n) is 13.9. The molecule has 1 heterocycles. The van der Waals surface area contributed by atoms with Crippen LogP contribution in [-0.2, 0) is 4.79 Å². The van der Waals surface area contributed by atoms with E-state index in [0.717, 1.165) is 12.8 Å². The molecule has 1 N–H and O–H groups in total. The highest BCUT2D eigenvalue weighted by atomic mass is 35.5. The first-order valence-electron chi connectivity index (χ1n) is 7.96. The zero-order valence-corrected chi connectivity index (χ0v) is 14.6. The standard InChI is InChI=1S/C17H22ClFN2O3/c1-11-8-13(14(18)9-15(11)19)17(24)21-6-3-4-12(5-7-21)20(2)10-16(22)23/h8-9,12H,3-7,10H2,1-2H3,(H,22,23)/t12-/m0/s1. The third-order valence-corrected chi connectivity index (χ3v) is 4.78. The third kappa shape index (κ3) is 4.45. The van der Waals surface area contributed by atoms with E-state index in [2.05, 4.69) is 0 Å². The molecule has 1 aromatic rings. The van der Waals surface area contributed by atoms with Gasteiger partial charge in [-0.1, -0.05) is 11.6 Å². The molecule has 1 fully saturated rings. The van der Waals surface area contributed by atoms with E-state index >= 15 is 0 Å². The summed E-state index contributed by atoms with van der Waals surface area (Å²) < 4.78 is 13.5. The van der Waals surface area contributed by atoms with Gasteiger partial charge in [0.25, 0.3) is 5.91 Å². The average molecular weight is 357 g/mol. The van der Waals surface area contributed by atoms with Crippen molar-refractivity contribution in [2.75, 3.05) is 26.7 Å². The molecule has 1 saturated heterocycles. The summed E-state index contributed by atoms with van der Waals surface area (Å²) in [5.41, 5.74) is 0.699. The van der Waals surface area contributed by atoms with Gasteiger partial charge < -0.3 is 10.0 Å². The zero-order chi connectivity index (χ0) is 17.9. The fourth-order valence-corrected chi connectivity index (χ4v) is 3.29. The smallest absolute Gasteiger partial charge is 0.317 e. The van der Waals surface area contributed by atoms with Crippen molar-refractivity contribution in [2.45, 2.75) is 32.2 Å². The molecular weight excluding hydrogens is 335 g/mol. The van der Waals surface area contributed by atoms with Gasteiger partial charge in [0.05, 0.1) is 17.1 Å². The Hall–Kier alpha value is -1.66. The fourth-order valence-electron chi connectivity index (χ4n) is 3.06. The highest BCUT2D eigenvalue weighted by Crippen LogP contribution is 2.24. The molecule has 1 amide bonds. The lowest BCUT2D eigenvalue weighted by Gasteiger charge is -2.25. The van der Waals surface area contributed by atoms with Gasteiger partial charge >= 0.3 is 5.97 Å². The third-order valence-electron chi connectivity index (χ3n) is 4.47. The van der Waals surface area contributed by atoms with Crippen LogP contribution >= 0.6 is 11.6 Å². The highest BCUT2D eigenvalue weighted by molar-refractivity contribution is 6.33. The predicted octanol–water partition coefficient (Wildman–Crippen LogP) is 2.80. The predicted molar refractivity (Wildman–Crippen MR) is 90.0 cm³/mol. The molecule has 5 nitrogen and oxygen atoms in total. The van der Waals surface area contributed by atoms with Crippen molar-refractivity contribution in [3.63, 3.8) is 0 Å². The second-order valence-electron chi connectivity index (χ2n) is 6.27. The average Bonchev–Trinajstić information content (AvgIpc) is 2.75. The highest BCUT2D eigenvalue weighted by Gasteiger charge is 2.26. The van der Waals surface area contributed by atoms with Gasteiger partial charge in [0.15, 0.2) is 0 Å². The first-order valence-corrected chi connectivity index (χ1v) is 8.34. The van der Waals surface area contributed by atoms with Gasteiger partial charge in [-0.05, 0) is 50.9 Å². The van der Waals surface area contributed by atoms with Crippen molar-refractivity contribution in [3.8, 4) is 0 Å². The molecule has 0 saturated carbocycles. The second-order valence-corrected chi connectivity index (χ2v) is 6.67. The lowest BCUT2D eigenvalue weighted by Crippen LogP contribution is -2.37. The van der Waals surface area contributed by atoms with E-state index in [1.807, 2.05) is 4.90 Å². The summed E-state index contributed by atoms with van der Waals surface area (Å²) >= 11 is 6.03. The van der Waals surface area contributed by atoms with Crippen molar-refractivity contribution in [3.05, 3.63) is 34.1 Å². The quantitative estimate of drug-likeness (QED) is 0.901. The van der Waals surface area contributed by atoms with Gasteiger partial charge in [-0.25, -0.2) is 4.39 Å². The van der Waals surface area contributed by atoms with Crippen LogP contribution in [0.1, 0.15) is 35.2 Å². The van der Waals surface area contributed by atoms with E-state index in [-0.39, 0.29) is 23.5 Å². The Morgan fingerprint density at radius 3 is 2.75 bits per heavy atom. The molecule has 132 valence electrons. The Bertz CT molecular complexity index is 639. The van der Waals surface area contributed by atoms with E-state index in [9.17, 15) is 14.0 Å². The number of rotatable bonds is 4. The maximum absolute atomic E-state index is 13.5. The second kappa shape index (κ2) is 7.94. The van der Waals surface area contributed by atoms with Gasteiger partial charge in [-0.3, -0.25) is 14.5 Å². The molecule has 0 unspecified atom stereocenters. The number of likely N-dealkylation sites (N-methyl/N-ethyl adjacent to an activating group) is 1. The summed E-state index contributed by atoms with van der Waals surface area (Å²) in [6.45, 7) is 2.70. The molecule has 0 radical (unpaired) electrons. The fraction of sp³-hybridized carbons (Fsp3) is 0.529. The molecular formula is C17H22ClFN2O3. The summed E-state index contributed by atoms with van der Waals surface area (Å²) in [6.07, 6.45) is 2.33. The number of halogens is 2. The number of aryl methyl sites for hydroxylation is 1. The van der Waals surface area contributed by atoms with Crippen molar-refractivity contribution in [2.24, 2.45) is 0 Å². The monoisotopic (exact) mass is 356 g/mol. The molecule has 1 aliphatic rings. The van der Waals surface area contributed by atoms with Crippen molar-refractivity contribution < 1.29 is 19.1 Å². The summed E-state index contributed by atoms with van der Waals surface area (Å²) in [5, 5.41) is 9.02. The Morgan fingerprint density at radius 1 is 1.38 bits per heavy atom. The molecule has 1 atom stereocenters. The van der Waals surface area contributed by atoms with Crippen LogP contribution in [0.25, 0.3) is 0 Å². The molecule has 0 aromatic heterocycles. The molecule has 0 aliphatic carbocycles. The molecule has 24 heavy (non-hydrogen) atoms. The molecule has 1 aromatic carbocycles. The van der Waals surface area contributed by atoms with Crippen molar-refractivity contribution >= 4 is 23.5 Å². The van der Waals surface area contributed by atoms with Crippen LogP contribution in [0.3, 0.4) is 0 Å². The normalized spacial score (nSPS) is 18.5. The van der Waals surface area contributed by atoms with Crippen LogP contribution in [0.5, 0.6) is 0 Å². The number of carbonyl (C=O) groups excluding carboxylic acids is 1. The number of hydrogen-bond donors (Lipinski definition) is 1. The maximum atomic E-state index is 13.5. The molecule has 0 bridgehead atoms. The van der Waals surface area contributed by atoms with Gasteiger partial charge in [-0.2, -0.15) is 0 Å². The molecule has 2 rings (SSSR count). The molecule has 0 spiro atoms. The minimum Gasteiger partial charge on any atom is -0.480 e. The number of aliphatic carboxylic acids is 1. The largest absolute Gasteiger partial charge is 0.480 e. The SMILES string of the molecule is Cc1cc(C(=O)N2CCC[C@H](N(C)CC(=O)O)CC2)c(Cl)cc1F. The van der Waals surface area contributed by atoms with E-state index < -0.39 is 11.8 Å². The van der Waals surface area contributed by atoms with Crippen LogP contribution in [0.4, 0.5) is 4.39 Å². The number of likely N-dealkylation sites (tertiary alicyclic amines) is 1. The van der Waals surface area contributed by atoms with Crippen molar-refractivity contribution in [1.82, 2.24) is 9.80 Å².